The molecule has 0 N–H and O–H groups in total. The van der Waals surface area contributed by atoms with Crippen LogP contribution in [0.3, 0.4) is 0 Å². The summed E-state index contributed by atoms with van der Waals surface area (Å²) >= 11 is 0. The van der Waals surface area contributed by atoms with Gasteiger partial charge in [-0.25, -0.2) is 0 Å². The molecule has 4 saturated carbocycles. The van der Waals surface area contributed by atoms with Crippen molar-refractivity contribution in [3.05, 3.63) is 0 Å². The van der Waals surface area contributed by atoms with E-state index in [9.17, 15) is 4.79 Å². The summed E-state index contributed by atoms with van der Waals surface area (Å²) in [5.41, 5.74) is 0.432. The largest absolute Gasteiger partial charge is 0.302 e. The predicted octanol–water partition coefficient (Wildman–Crippen LogP) is 3.15. The fourth-order valence-corrected chi connectivity index (χ4v) is 5.33. The van der Waals surface area contributed by atoms with E-state index in [0.29, 0.717) is 17.7 Å². The highest BCUT2D eigenvalue weighted by molar-refractivity contribution is 5.85. The summed E-state index contributed by atoms with van der Waals surface area (Å²) in [4.78, 5) is 14.1. The normalized spacial score (nSPS) is 40.9. The molecule has 4 aliphatic rings. The van der Waals surface area contributed by atoms with Crippen molar-refractivity contribution in [3.63, 3.8) is 0 Å². The lowest BCUT2D eigenvalue weighted by molar-refractivity contribution is -0.127. The van der Waals surface area contributed by atoms with Gasteiger partial charge in [0, 0.05) is 6.42 Å². The number of hydrogen-bond donors (Lipinski definition) is 0. The molecule has 0 spiro atoms. The highest BCUT2D eigenvalue weighted by Gasteiger charge is 2.51. The minimum absolute atomic E-state index is 0. The molecular formula is C15H26ClNO. The molecule has 18 heavy (non-hydrogen) atoms. The van der Waals surface area contributed by atoms with Crippen LogP contribution in [-0.2, 0) is 4.79 Å². The number of hydrogen-bond acceptors (Lipinski definition) is 2. The Morgan fingerprint density at radius 3 is 1.89 bits per heavy atom. The molecule has 4 fully saturated rings. The van der Waals surface area contributed by atoms with Crippen LogP contribution in [0.5, 0.6) is 0 Å². The average Bonchev–Trinajstić information content (AvgIpc) is 2.11. The van der Waals surface area contributed by atoms with Crippen LogP contribution in [0, 0.1) is 23.2 Å². The minimum atomic E-state index is 0. The lowest BCUT2D eigenvalue weighted by Gasteiger charge is -2.56. The first-order valence-electron chi connectivity index (χ1n) is 7.21. The molecule has 104 valence electrons. The minimum Gasteiger partial charge on any atom is -0.302 e. The third kappa shape index (κ3) is 2.75. The molecule has 0 aromatic heterocycles. The van der Waals surface area contributed by atoms with Gasteiger partial charge >= 0.3 is 0 Å². The summed E-state index contributed by atoms with van der Waals surface area (Å²) in [7, 11) is 4.00. The van der Waals surface area contributed by atoms with Gasteiger partial charge in [-0.15, -0.1) is 12.4 Å². The van der Waals surface area contributed by atoms with Crippen LogP contribution in [0.4, 0.5) is 0 Å². The van der Waals surface area contributed by atoms with E-state index >= 15 is 0 Å². The summed E-state index contributed by atoms with van der Waals surface area (Å²) < 4.78 is 0. The van der Waals surface area contributed by atoms with Gasteiger partial charge in [-0.2, -0.15) is 0 Å². The van der Waals surface area contributed by atoms with Crippen LogP contribution in [0.2, 0.25) is 0 Å². The number of Topliss-reactive ketones (excluding diaryl/α,β-unsaturated/α-hetero) is 1. The van der Waals surface area contributed by atoms with E-state index in [4.69, 9.17) is 0 Å². The Labute approximate surface area is 117 Å². The van der Waals surface area contributed by atoms with E-state index in [1.54, 1.807) is 0 Å². The first-order chi connectivity index (χ1) is 8.05. The summed E-state index contributed by atoms with van der Waals surface area (Å²) in [6.07, 6.45) is 9.37. The molecule has 0 saturated heterocycles. The van der Waals surface area contributed by atoms with E-state index in [-0.39, 0.29) is 12.4 Å². The molecule has 0 aromatic carbocycles. The number of halogens is 1. The Balaban J connectivity index is 0.00000120. The number of carbonyl (C=O) groups excluding carboxylic acids is 1. The van der Waals surface area contributed by atoms with Crippen LogP contribution in [0.1, 0.15) is 44.9 Å². The molecule has 0 aromatic rings. The second kappa shape index (κ2) is 5.13. The molecule has 0 radical (unpaired) electrons. The zero-order chi connectivity index (χ0) is 12.0. The van der Waals surface area contributed by atoms with Crippen molar-refractivity contribution in [2.75, 3.05) is 20.6 Å². The highest BCUT2D eigenvalue weighted by Crippen LogP contribution is 2.61. The monoisotopic (exact) mass is 271 g/mol. The number of rotatable bonds is 4. The Bertz CT molecular complexity index is 291. The zero-order valence-corrected chi connectivity index (χ0v) is 12.5. The molecule has 0 aliphatic heterocycles. The van der Waals surface area contributed by atoms with Gasteiger partial charge in [-0.3, -0.25) is 4.79 Å². The van der Waals surface area contributed by atoms with E-state index < -0.39 is 0 Å². The lowest BCUT2D eigenvalue weighted by Crippen LogP contribution is -2.47. The van der Waals surface area contributed by atoms with Crippen molar-refractivity contribution in [1.82, 2.24) is 4.90 Å². The van der Waals surface area contributed by atoms with Gasteiger partial charge in [0.05, 0.1) is 6.54 Å². The first-order valence-corrected chi connectivity index (χ1v) is 7.21. The predicted molar refractivity (Wildman–Crippen MR) is 76.0 cm³/mol. The van der Waals surface area contributed by atoms with Gasteiger partial charge in [0.15, 0.2) is 0 Å². The maximum atomic E-state index is 12.1. The molecule has 0 heterocycles. The summed E-state index contributed by atoms with van der Waals surface area (Å²) in [6, 6.07) is 0. The molecular weight excluding hydrogens is 246 g/mol. The van der Waals surface area contributed by atoms with Crippen LogP contribution in [-0.4, -0.2) is 31.3 Å². The number of nitrogens with zero attached hydrogens (tertiary/aromatic N) is 1. The van der Waals surface area contributed by atoms with Crippen LogP contribution in [0.15, 0.2) is 0 Å². The maximum absolute atomic E-state index is 12.1. The van der Waals surface area contributed by atoms with Crippen molar-refractivity contribution < 1.29 is 4.79 Å². The number of ketones is 1. The third-order valence-electron chi connectivity index (χ3n) is 5.23. The number of likely N-dealkylation sites (N-methyl/N-ethyl adjacent to an activating group) is 1. The van der Waals surface area contributed by atoms with Crippen LogP contribution in [0.25, 0.3) is 0 Å². The van der Waals surface area contributed by atoms with Gasteiger partial charge in [-0.1, -0.05) is 0 Å². The molecule has 4 aliphatic carbocycles. The SMILES string of the molecule is CN(C)CC(=O)CC12CC3CC(CC(C3)C1)C2.Cl. The molecule has 0 unspecified atom stereocenters. The molecule has 3 heteroatoms. The van der Waals surface area contributed by atoms with E-state index in [2.05, 4.69) is 0 Å². The van der Waals surface area contributed by atoms with Crippen molar-refractivity contribution in [1.29, 1.82) is 0 Å². The quantitative estimate of drug-likeness (QED) is 0.783. The Morgan fingerprint density at radius 1 is 1.06 bits per heavy atom. The maximum Gasteiger partial charge on any atom is 0.147 e. The Morgan fingerprint density at radius 2 is 1.50 bits per heavy atom. The summed E-state index contributed by atoms with van der Waals surface area (Å²) in [5.74, 6) is 3.37. The average molecular weight is 272 g/mol. The zero-order valence-electron chi connectivity index (χ0n) is 11.7. The molecule has 4 bridgehead atoms. The Kier molecular flexibility index (Phi) is 4.08. The van der Waals surface area contributed by atoms with Crippen molar-refractivity contribution >= 4 is 18.2 Å². The lowest BCUT2D eigenvalue weighted by atomic mass is 9.48. The van der Waals surface area contributed by atoms with Gasteiger partial charge in [0.25, 0.3) is 0 Å². The first kappa shape index (κ1) is 14.3. The van der Waals surface area contributed by atoms with E-state index in [1.165, 1.54) is 38.5 Å². The van der Waals surface area contributed by atoms with Crippen molar-refractivity contribution in [2.45, 2.75) is 44.9 Å². The van der Waals surface area contributed by atoms with E-state index in [0.717, 1.165) is 24.2 Å². The van der Waals surface area contributed by atoms with Crippen molar-refractivity contribution in [2.24, 2.45) is 23.2 Å². The van der Waals surface area contributed by atoms with Gasteiger partial charge in [0.1, 0.15) is 5.78 Å². The van der Waals surface area contributed by atoms with Gasteiger partial charge < -0.3 is 4.90 Å². The molecule has 2 nitrogen and oxygen atoms in total. The molecule has 0 amide bonds. The van der Waals surface area contributed by atoms with Crippen LogP contribution < -0.4 is 0 Å². The smallest absolute Gasteiger partial charge is 0.147 e. The highest BCUT2D eigenvalue weighted by atomic mass is 35.5. The fourth-order valence-electron chi connectivity index (χ4n) is 5.33. The van der Waals surface area contributed by atoms with Gasteiger partial charge in [-0.05, 0) is 75.8 Å². The second-order valence-corrected chi connectivity index (χ2v) is 7.37. The van der Waals surface area contributed by atoms with Gasteiger partial charge in [0.2, 0.25) is 0 Å². The third-order valence-corrected chi connectivity index (χ3v) is 5.23. The van der Waals surface area contributed by atoms with Crippen LogP contribution >= 0.6 is 12.4 Å². The second-order valence-electron chi connectivity index (χ2n) is 7.37. The fraction of sp³-hybridized carbons (Fsp3) is 0.933. The summed E-state index contributed by atoms with van der Waals surface area (Å²) in [5, 5.41) is 0. The topological polar surface area (TPSA) is 20.3 Å². The molecule has 0 atom stereocenters. The number of carbonyl (C=O) groups is 1. The van der Waals surface area contributed by atoms with Crippen molar-refractivity contribution in [3.8, 4) is 0 Å². The Hall–Kier alpha value is -0.0800. The summed E-state index contributed by atoms with van der Waals surface area (Å²) in [6.45, 7) is 0.641. The van der Waals surface area contributed by atoms with E-state index in [1.807, 2.05) is 19.0 Å². The molecule has 4 rings (SSSR count). The standard InChI is InChI=1S/C15H25NO.ClH/c1-16(2)10-14(17)9-15-6-11-3-12(7-15)5-13(4-11)8-15;/h11-13H,3-10H2,1-2H3;1H.